The van der Waals surface area contributed by atoms with Crippen LogP contribution in [-0.4, -0.2) is 0 Å². The highest BCUT2D eigenvalue weighted by atomic mass is 19.3. The minimum absolute atomic E-state index is 0.0910. The average Bonchev–Trinajstić information content (AvgIpc) is 2.25. The molecule has 1 rings (SSSR count). The second kappa shape index (κ2) is 5.50. The third kappa shape index (κ3) is 2.96. The number of aryl methyl sites for hydroxylation is 1. The summed E-state index contributed by atoms with van der Waals surface area (Å²) in [6, 6.07) is 4.99. The number of nitriles is 1. The van der Waals surface area contributed by atoms with E-state index in [1.165, 1.54) is 6.07 Å². The molecule has 1 nitrogen and oxygen atoms in total. The fraction of sp³-hybridized carbons (Fsp3) is 0.364. The Morgan fingerprint density at radius 2 is 1.81 bits per heavy atom. The first-order valence-corrected chi connectivity index (χ1v) is 4.62. The molecule has 0 bridgehead atoms. The van der Waals surface area contributed by atoms with Crippen LogP contribution < -0.4 is 0 Å². The van der Waals surface area contributed by atoms with Gasteiger partial charge in [-0.15, -0.1) is 0 Å². The van der Waals surface area contributed by atoms with Crippen molar-refractivity contribution in [2.75, 3.05) is 0 Å². The van der Waals surface area contributed by atoms with Crippen LogP contribution in [0.25, 0.3) is 0 Å². The van der Waals surface area contributed by atoms with Crippen LogP contribution in [0.2, 0.25) is 0 Å². The zero-order valence-electron chi connectivity index (χ0n) is 8.26. The van der Waals surface area contributed by atoms with E-state index in [2.05, 4.69) is 0 Å². The highest BCUT2D eigenvalue weighted by Gasteiger charge is 2.16. The van der Waals surface area contributed by atoms with Crippen molar-refractivity contribution in [1.29, 1.82) is 5.26 Å². The van der Waals surface area contributed by atoms with Crippen molar-refractivity contribution in [2.24, 2.45) is 0 Å². The molecule has 0 fully saturated rings. The van der Waals surface area contributed by atoms with Crippen molar-refractivity contribution in [2.45, 2.75) is 25.7 Å². The summed E-state index contributed by atoms with van der Waals surface area (Å²) in [7, 11) is 0. The van der Waals surface area contributed by atoms with Gasteiger partial charge in [0, 0.05) is 17.5 Å². The summed E-state index contributed by atoms with van der Waals surface area (Å²) in [5.74, 6) is 0. The third-order valence-corrected chi connectivity index (χ3v) is 2.16. The monoisotopic (exact) mass is 231 g/mol. The molecule has 1 aromatic rings. The molecule has 0 saturated heterocycles. The minimum Gasteiger partial charge on any atom is -0.205 e. The number of hydrogen-bond acceptors (Lipinski definition) is 1. The third-order valence-electron chi connectivity index (χ3n) is 2.16. The van der Waals surface area contributed by atoms with Gasteiger partial charge in [0.25, 0.3) is 12.9 Å². The number of alkyl halides is 4. The number of halogens is 4. The topological polar surface area (TPSA) is 23.8 Å². The van der Waals surface area contributed by atoms with Gasteiger partial charge < -0.3 is 0 Å². The van der Waals surface area contributed by atoms with Crippen LogP contribution in [-0.2, 0) is 6.42 Å². The fourth-order valence-corrected chi connectivity index (χ4v) is 1.37. The predicted molar refractivity (Wildman–Crippen MR) is 50.3 cm³/mol. The molecule has 86 valence electrons. The predicted octanol–water partition coefficient (Wildman–Crippen LogP) is 4.02. The van der Waals surface area contributed by atoms with E-state index in [4.69, 9.17) is 5.26 Å². The lowest BCUT2D eigenvalue weighted by Crippen LogP contribution is -1.97. The normalized spacial score (nSPS) is 10.8. The SMILES string of the molecule is N#CCCc1ccc(C(F)F)cc1C(F)F. The van der Waals surface area contributed by atoms with Gasteiger partial charge in [0.2, 0.25) is 0 Å². The van der Waals surface area contributed by atoms with Gasteiger partial charge in [-0.3, -0.25) is 0 Å². The highest BCUT2D eigenvalue weighted by Crippen LogP contribution is 2.28. The summed E-state index contributed by atoms with van der Waals surface area (Å²) in [5, 5.41) is 8.34. The van der Waals surface area contributed by atoms with Crippen LogP contribution in [0.1, 0.15) is 36.0 Å². The highest BCUT2D eigenvalue weighted by molar-refractivity contribution is 5.34. The lowest BCUT2D eigenvalue weighted by atomic mass is 10.0. The van der Waals surface area contributed by atoms with Gasteiger partial charge in [-0.1, -0.05) is 12.1 Å². The van der Waals surface area contributed by atoms with E-state index in [1.54, 1.807) is 0 Å². The van der Waals surface area contributed by atoms with E-state index in [0.29, 0.717) is 0 Å². The molecular weight excluding hydrogens is 222 g/mol. The van der Waals surface area contributed by atoms with Crippen molar-refractivity contribution < 1.29 is 17.6 Å². The van der Waals surface area contributed by atoms with Crippen molar-refractivity contribution in [3.05, 3.63) is 34.9 Å². The maximum absolute atomic E-state index is 12.6. The smallest absolute Gasteiger partial charge is 0.205 e. The number of hydrogen-bond donors (Lipinski definition) is 0. The van der Waals surface area contributed by atoms with Crippen LogP contribution in [0.4, 0.5) is 17.6 Å². The molecule has 0 saturated carbocycles. The molecular formula is C11H9F4N. The van der Waals surface area contributed by atoms with E-state index < -0.39 is 24.0 Å². The summed E-state index contributed by atoms with van der Waals surface area (Å²) in [4.78, 5) is 0. The quantitative estimate of drug-likeness (QED) is 0.718. The first-order valence-electron chi connectivity index (χ1n) is 4.62. The largest absolute Gasteiger partial charge is 0.264 e. The van der Waals surface area contributed by atoms with E-state index >= 15 is 0 Å². The van der Waals surface area contributed by atoms with Crippen molar-refractivity contribution in [3.63, 3.8) is 0 Å². The van der Waals surface area contributed by atoms with E-state index in [1.807, 2.05) is 6.07 Å². The Morgan fingerprint density at radius 3 is 2.31 bits per heavy atom. The molecule has 0 amide bonds. The number of rotatable bonds is 4. The lowest BCUT2D eigenvalue weighted by Gasteiger charge is -2.09. The van der Waals surface area contributed by atoms with Gasteiger partial charge in [-0.2, -0.15) is 5.26 Å². The Kier molecular flexibility index (Phi) is 4.29. The van der Waals surface area contributed by atoms with E-state index in [0.717, 1.165) is 12.1 Å². The second-order valence-corrected chi connectivity index (χ2v) is 3.22. The minimum atomic E-state index is -2.80. The zero-order chi connectivity index (χ0) is 12.1. The Bertz CT molecular complexity index is 395. The molecule has 1 aromatic carbocycles. The Hall–Kier alpha value is -1.57. The van der Waals surface area contributed by atoms with Gasteiger partial charge >= 0.3 is 0 Å². The Balaban J connectivity index is 3.05. The van der Waals surface area contributed by atoms with Gasteiger partial charge in [0.15, 0.2) is 0 Å². The van der Waals surface area contributed by atoms with E-state index in [-0.39, 0.29) is 18.4 Å². The Labute approximate surface area is 90.3 Å². The summed E-state index contributed by atoms with van der Waals surface area (Å²) < 4.78 is 49.7. The molecule has 0 atom stereocenters. The molecule has 0 N–H and O–H groups in total. The average molecular weight is 231 g/mol. The number of benzene rings is 1. The molecule has 0 aliphatic rings. The lowest BCUT2D eigenvalue weighted by molar-refractivity contribution is 0.143. The molecule has 0 aliphatic heterocycles. The zero-order valence-corrected chi connectivity index (χ0v) is 8.26. The molecule has 0 aromatic heterocycles. The maximum atomic E-state index is 12.6. The van der Waals surface area contributed by atoms with Crippen LogP contribution in [0.5, 0.6) is 0 Å². The van der Waals surface area contributed by atoms with E-state index in [9.17, 15) is 17.6 Å². The summed E-state index contributed by atoms with van der Waals surface area (Å²) in [5.41, 5.74) is -0.579. The fourth-order valence-electron chi connectivity index (χ4n) is 1.37. The molecule has 0 heterocycles. The van der Waals surface area contributed by atoms with Crippen LogP contribution in [0.3, 0.4) is 0 Å². The second-order valence-electron chi connectivity index (χ2n) is 3.22. The summed E-state index contributed by atoms with van der Waals surface area (Å²) >= 11 is 0. The Morgan fingerprint density at radius 1 is 1.12 bits per heavy atom. The van der Waals surface area contributed by atoms with Gasteiger partial charge in [-0.25, -0.2) is 17.6 Å². The first-order chi connectivity index (χ1) is 7.56. The van der Waals surface area contributed by atoms with Crippen LogP contribution >= 0.6 is 0 Å². The molecule has 0 spiro atoms. The molecule has 0 radical (unpaired) electrons. The summed E-state index contributed by atoms with van der Waals surface area (Å²) in [6.45, 7) is 0. The van der Waals surface area contributed by atoms with Gasteiger partial charge in [0.1, 0.15) is 0 Å². The van der Waals surface area contributed by atoms with Crippen molar-refractivity contribution >= 4 is 0 Å². The van der Waals surface area contributed by atoms with Crippen molar-refractivity contribution in [1.82, 2.24) is 0 Å². The van der Waals surface area contributed by atoms with Crippen molar-refractivity contribution in [3.8, 4) is 6.07 Å². The summed E-state index contributed by atoms with van der Waals surface area (Å²) in [6.07, 6.45) is -5.32. The molecule has 0 unspecified atom stereocenters. The first kappa shape index (κ1) is 12.5. The molecule has 0 aliphatic carbocycles. The standard InChI is InChI=1S/C11H9F4N/c12-10(13)8-4-3-7(2-1-5-16)9(6-8)11(14)15/h3-4,6,10-11H,1-2H2. The number of nitrogens with zero attached hydrogens (tertiary/aromatic N) is 1. The van der Waals surface area contributed by atoms with Crippen LogP contribution in [0, 0.1) is 11.3 Å². The molecule has 16 heavy (non-hydrogen) atoms. The van der Waals surface area contributed by atoms with Crippen LogP contribution in [0.15, 0.2) is 18.2 Å². The van der Waals surface area contributed by atoms with Gasteiger partial charge in [-0.05, 0) is 18.1 Å². The molecule has 5 heteroatoms. The maximum Gasteiger partial charge on any atom is 0.264 e. The van der Waals surface area contributed by atoms with Gasteiger partial charge in [0.05, 0.1) is 6.07 Å².